The molecule has 4 N–H and O–H groups in total. The van der Waals surface area contributed by atoms with E-state index in [-0.39, 0.29) is 6.10 Å². The molecule has 3 aliphatic rings. The van der Waals surface area contributed by atoms with Crippen molar-refractivity contribution in [2.45, 2.75) is 76.5 Å². The van der Waals surface area contributed by atoms with Gasteiger partial charge in [-0.2, -0.15) is 0 Å². The number of carboxylic acids is 1. The van der Waals surface area contributed by atoms with E-state index in [1.54, 1.807) is 6.92 Å². The summed E-state index contributed by atoms with van der Waals surface area (Å²) in [5.41, 5.74) is 5.15. The van der Waals surface area contributed by atoms with Crippen molar-refractivity contribution in [3.63, 3.8) is 0 Å². The van der Waals surface area contributed by atoms with Crippen LogP contribution >= 0.6 is 0 Å². The smallest absolute Gasteiger partial charge is 0.325 e. The summed E-state index contributed by atoms with van der Waals surface area (Å²) in [4.78, 5) is 19.0. The Morgan fingerprint density at radius 2 is 2.08 bits per heavy atom. The largest absolute Gasteiger partial charge is 0.480 e. The molecule has 0 radical (unpaired) electrons. The summed E-state index contributed by atoms with van der Waals surface area (Å²) in [6.07, 6.45) is 8.75. The van der Waals surface area contributed by atoms with Crippen LogP contribution in [0.15, 0.2) is 30.3 Å². The van der Waals surface area contributed by atoms with E-state index in [2.05, 4.69) is 22.8 Å². The molecule has 2 aromatic rings. The molecule has 0 amide bonds. The minimum Gasteiger partial charge on any atom is -0.480 e. The highest BCUT2D eigenvalue weighted by Gasteiger charge is 2.39. The van der Waals surface area contributed by atoms with Crippen LogP contribution in [0.1, 0.15) is 73.9 Å². The van der Waals surface area contributed by atoms with Crippen molar-refractivity contribution in [2.75, 3.05) is 36.9 Å². The van der Waals surface area contributed by atoms with Crippen LogP contribution in [0.5, 0.6) is 0 Å². The Morgan fingerprint density at radius 3 is 2.84 bits per heavy atom. The predicted molar refractivity (Wildman–Crippen MR) is 146 cm³/mol. The third kappa shape index (κ3) is 6.30. The molecule has 8 nitrogen and oxygen atoms in total. The number of fused-ring (bicyclic) bond motifs is 1. The summed E-state index contributed by atoms with van der Waals surface area (Å²) in [5.74, 6) is 0.186. The lowest BCUT2D eigenvalue weighted by atomic mass is 9.92. The molecular formula is C29H39N5O3. The van der Waals surface area contributed by atoms with Gasteiger partial charge in [0.05, 0.1) is 6.10 Å². The summed E-state index contributed by atoms with van der Waals surface area (Å²) in [6, 6.07) is 9.74. The number of aryl methyl sites for hydroxylation is 2. The topological polar surface area (TPSA) is 111 Å². The van der Waals surface area contributed by atoms with Gasteiger partial charge in [0.25, 0.3) is 0 Å². The monoisotopic (exact) mass is 505 g/mol. The van der Waals surface area contributed by atoms with Gasteiger partial charge in [0.1, 0.15) is 11.9 Å². The summed E-state index contributed by atoms with van der Waals surface area (Å²) in [5, 5.41) is 25.3. The number of nitrogens with one attached hydrogen (secondary N) is 3. The number of hydrogen-bond donors (Lipinski definition) is 4. The number of anilines is 2. The summed E-state index contributed by atoms with van der Waals surface area (Å²) in [6.45, 7) is 4.64. The number of hydrogen-bond acceptors (Lipinski definition) is 7. The van der Waals surface area contributed by atoms with Gasteiger partial charge < -0.3 is 25.9 Å². The number of benzene rings is 1. The Hall–Kier alpha value is -2.97. The molecule has 1 unspecified atom stereocenters. The Labute approximate surface area is 219 Å². The van der Waals surface area contributed by atoms with Gasteiger partial charge in [0, 0.05) is 54.9 Å². The first-order valence-corrected chi connectivity index (χ1v) is 13.8. The van der Waals surface area contributed by atoms with Crippen LogP contribution in [0.2, 0.25) is 0 Å². The molecule has 0 bridgehead atoms. The van der Waals surface area contributed by atoms with Crippen LogP contribution in [-0.2, 0) is 22.4 Å². The van der Waals surface area contributed by atoms with E-state index in [1.165, 1.54) is 12.0 Å². The lowest BCUT2D eigenvalue weighted by molar-refractivity contribution is -0.150. The van der Waals surface area contributed by atoms with Gasteiger partial charge in [-0.05, 0) is 75.1 Å². The third-order valence-corrected chi connectivity index (χ3v) is 7.56. The standard InChI is InChI=1S/C29H39N5O3/c1-19(30)26-24(9-5-10-25(26)32-22-13-14-22)27(29(35)36)34-17-23(18-34)37-16-4-2-3-8-21-12-11-20-7-6-15-31-28(20)33-21/h5,9-12,22-23,27,30,32H,2-4,6-8,13-18H2,1H3,(H,31,33)(H,35,36). The van der Waals surface area contributed by atoms with Crippen LogP contribution in [0.25, 0.3) is 0 Å². The summed E-state index contributed by atoms with van der Waals surface area (Å²) < 4.78 is 6.05. The molecule has 8 heteroatoms. The quantitative estimate of drug-likeness (QED) is 0.232. The first kappa shape index (κ1) is 25.7. The van der Waals surface area contributed by atoms with Crippen molar-refractivity contribution in [3.8, 4) is 0 Å². The van der Waals surface area contributed by atoms with Crippen LogP contribution in [-0.4, -0.2) is 65.1 Å². The molecule has 2 aliphatic heterocycles. The average molecular weight is 506 g/mol. The van der Waals surface area contributed by atoms with E-state index in [4.69, 9.17) is 15.1 Å². The number of carboxylic acid groups (broad SMARTS) is 1. The van der Waals surface area contributed by atoms with Gasteiger partial charge in [-0.15, -0.1) is 0 Å². The molecule has 1 aromatic carbocycles. The Kier molecular flexibility index (Phi) is 8.05. The molecule has 0 spiro atoms. The number of pyridine rings is 1. The molecule has 1 saturated carbocycles. The number of rotatable bonds is 13. The molecule has 37 heavy (non-hydrogen) atoms. The van der Waals surface area contributed by atoms with Crippen molar-refractivity contribution in [1.82, 2.24) is 9.88 Å². The zero-order valence-corrected chi connectivity index (χ0v) is 21.8. The Balaban J connectivity index is 1.07. The number of nitrogens with zero attached hydrogens (tertiary/aromatic N) is 2. The minimum absolute atomic E-state index is 0.0625. The summed E-state index contributed by atoms with van der Waals surface area (Å²) in [7, 11) is 0. The number of ether oxygens (including phenoxy) is 1. The Bertz CT molecular complexity index is 1130. The normalized spacial score (nSPS) is 18.4. The maximum Gasteiger partial charge on any atom is 0.325 e. The van der Waals surface area contributed by atoms with Gasteiger partial charge >= 0.3 is 5.97 Å². The Morgan fingerprint density at radius 1 is 1.24 bits per heavy atom. The van der Waals surface area contributed by atoms with Crippen LogP contribution in [0, 0.1) is 5.41 Å². The molecule has 3 heterocycles. The maximum atomic E-state index is 12.3. The van der Waals surface area contributed by atoms with Crippen LogP contribution in [0.3, 0.4) is 0 Å². The second-order valence-corrected chi connectivity index (χ2v) is 10.7. The first-order chi connectivity index (χ1) is 18.0. The van der Waals surface area contributed by atoms with E-state index in [0.29, 0.717) is 37.0 Å². The molecular weight excluding hydrogens is 466 g/mol. The van der Waals surface area contributed by atoms with E-state index >= 15 is 0 Å². The van der Waals surface area contributed by atoms with Crippen molar-refractivity contribution >= 4 is 23.2 Å². The first-order valence-electron chi connectivity index (χ1n) is 13.8. The highest BCUT2D eigenvalue weighted by atomic mass is 16.5. The van der Waals surface area contributed by atoms with Crippen molar-refractivity contribution in [1.29, 1.82) is 5.41 Å². The number of carbonyl (C=O) groups is 1. The van der Waals surface area contributed by atoms with Gasteiger partial charge in [-0.1, -0.05) is 24.6 Å². The fourth-order valence-electron chi connectivity index (χ4n) is 5.40. The van der Waals surface area contributed by atoms with Crippen molar-refractivity contribution < 1.29 is 14.6 Å². The zero-order chi connectivity index (χ0) is 25.8. The molecule has 5 rings (SSSR count). The minimum atomic E-state index is -0.879. The number of aliphatic carboxylic acids is 1. The molecule has 1 aromatic heterocycles. The highest BCUT2D eigenvalue weighted by Crippen LogP contribution is 2.35. The van der Waals surface area contributed by atoms with Crippen molar-refractivity contribution in [2.24, 2.45) is 0 Å². The van der Waals surface area contributed by atoms with Crippen molar-refractivity contribution in [3.05, 3.63) is 52.7 Å². The number of unbranched alkanes of at least 4 members (excludes halogenated alkanes) is 2. The molecule has 198 valence electrons. The van der Waals surface area contributed by atoms with Crippen LogP contribution < -0.4 is 10.6 Å². The molecule has 2 fully saturated rings. The second kappa shape index (κ2) is 11.6. The fraction of sp³-hybridized carbons (Fsp3) is 0.552. The summed E-state index contributed by atoms with van der Waals surface area (Å²) >= 11 is 0. The maximum absolute atomic E-state index is 12.3. The van der Waals surface area contributed by atoms with E-state index in [9.17, 15) is 9.90 Å². The highest BCUT2D eigenvalue weighted by molar-refractivity contribution is 6.04. The zero-order valence-electron chi connectivity index (χ0n) is 21.8. The fourth-order valence-corrected chi connectivity index (χ4v) is 5.40. The molecule has 1 aliphatic carbocycles. The molecule has 1 atom stereocenters. The predicted octanol–water partition coefficient (Wildman–Crippen LogP) is 4.64. The van der Waals surface area contributed by atoms with Crippen LogP contribution in [0.4, 0.5) is 11.5 Å². The lowest BCUT2D eigenvalue weighted by Gasteiger charge is -2.43. The van der Waals surface area contributed by atoms with Gasteiger partial charge in [-0.25, -0.2) is 4.98 Å². The third-order valence-electron chi connectivity index (χ3n) is 7.56. The van der Waals surface area contributed by atoms with E-state index in [0.717, 1.165) is 74.3 Å². The van der Waals surface area contributed by atoms with E-state index < -0.39 is 12.0 Å². The average Bonchev–Trinajstić information content (AvgIpc) is 3.67. The van der Waals surface area contributed by atoms with Gasteiger partial charge in [0.2, 0.25) is 0 Å². The van der Waals surface area contributed by atoms with Gasteiger partial charge in [0.15, 0.2) is 0 Å². The number of likely N-dealkylation sites (tertiary alicyclic amines) is 1. The second-order valence-electron chi connectivity index (χ2n) is 10.7. The molecule has 1 saturated heterocycles. The number of aromatic nitrogens is 1. The lowest BCUT2D eigenvalue weighted by Crippen LogP contribution is -2.55. The van der Waals surface area contributed by atoms with E-state index in [1.807, 2.05) is 23.1 Å². The SMILES string of the molecule is CC(=N)c1c(NC2CC2)cccc1C(C(=O)O)N1CC(OCCCCCc2ccc3c(n2)NCCC3)C1. The van der Waals surface area contributed by atoms with Gasteiger partial charge in [-0.3, -0.25) is 9.69 Å².